The Balaban J connectivity index is 1.38. The molecule has 0 aliphatic rings. The van der Waals surface area contributed by atoms with E-state index in [-0.39, 0.29) is 5.97 Å². The number of benzene rings is 2. The number of furan rings is 1. The first kappa shape index (κ1) is 23.4. The summed E-state index contributed by atoms with van der Waals surface area (Å²) in [6.45, 7) is 2.81. The molecule has 0 saturated carbocycles. The van der Waals surface area contributed by atoms with Gasteiger partial charge in [-0.1, -0.05) is 12.8 Å². The molecule has 0 radical (unpaired) electrons. The van der Waals surface area contributed by atoms with Crippen LogP contribution in [0.2, 0.25) is 0 Å². The summed E-state index contributed by atoms with van der Waals surface area (Å²) < 4.78 is 21.9. The van der Waals surface area contributed by atoms with Crippen LogP contribution >= 0.6 is 0 Å². The lowest BCUT2D eigenvalue weighted by Gasteiger charge is -2.14. The van der Waals surface area contributed by atoms with Crippen LogP contribution in [0.15, 0.2) is 53.4 Å². The maximum atomic E-state index is 11.4. The molecule has 2 aromatic heterocycles. The summed E-state index contributed by atoms with van der Waals surface area (Å²) in [6.07, 6.45) is 7.33. The highest BCUT2D eigenvalue weighted by Crippen LogP contribution is 2.35. The standard InChI is InChI=1S/C26H29N3O5/c1-3-32-25(30)8-6-4-5-7-12-33-24-16-21-20(15-23(24)31-2)26(28-17-27-21)29-19-9-10-22-18(14-19)11-13-34-22/h9-11,13-17H,3-8,12H2,1-2H3,(H,27,28,29). The van der Waals surface area contributed by atoms with Gasteiger partial charge in [0.1, 0.15) is 17.7 Å². The molecule has 178 valence electrons. The number of carbonyl (C=O) groups excluding carboxylic acids is 1. The van der Waals surface area contributed by atoms with E-state index in [0.29, 0.717) is 37.0 Å². The van der Waals surface area contributed by atoms with Gasteiger partial charge in [-0.2, -0.15) is 0 Å². The predicted molar refractivity (Wildman–Crippen MR) is 131 cm³/mol. The van der Waals surface area contributed by atoms with Gasteiger partial charge in [0.15, 0.2) is 11.5 Å². The largest absolute Gasteiger partial charge is 0.493 e. The number of hydrogen-bond donors (Lipinski definition) is 1. The third kappa shape index (κ3) is 5.75. The summed E-state index contributed by atoms with van der Waals surface area (Å²) in [4.78, 5) is 20.2. The summed E-state index contributed by atoms with van der Waals surface area (Å²) in [5, 5.41) is 5.21. The number of carbonyl (C=O) groups is 1. The molecule has 1 N–H and O–H groups in total. The van der Waals surface area contributed by atoms with Crippen LogP contribution in [-0.4, -0.2) is 36.3 Å². The molecule has 0 aliphatic heterocycles. The van der Waals surface area contributed by atoms with Gasteiger partial charge in [-0.3, -0.25) is 4.79 Å². The SMILES string of the molecule is CCOC(=O)CCCCCCOc1cc2ncnc(Nc3ccc4occc4c3)c2cc1OC. The smallest absolute Gasteiger partial charge is 0.305 e. The van der Waals surface area contributed by atoms with Crippen molar-refractivity contribution in [3.8, 4) is 11.5 Å². The molecule has 2 heterocycles. The fourth-order valence-electron chi connectivity index (χ4n) is 3.76. The van der Waals surface area contributed by atoms with Crippen molar-refractivity contribution >= 4 is 39.3 Å². The van der Waals surface area contributed by atoms with Gasteiger partial charge in [0, 0.05) is 28.9 Å². The normalized spacial score (nSPS) is 11.0. The third-order valence-corrected chi connectivity index (χ3v) is 5.47. The Morgan fingerprint density at radius 2 is 1.91 bits per heavy atom. The summed E-state index contributed by atoms with van der Waals surface area (Å²) in [7, 11) is 1.62. The number of aromatic nitrogens is 2. The van der Waals surface area contributed by atoms with Crippen LogP contribution in [0.25, 0.3) is 21.9 Å². The molecule has 8 heteroatoms. The molecule has 0 aliphatic carbocycles. The van der Waals surface area contributed by atoms with Gasteiger partial charge in [-0.05, 0) is 50.1 Å². The number of esters is 1. The predicted octanol–water partition coefficient (Wildman–Crippen LogP) is 6.02. The zero-order valence-electron chi connectivity index (χ0n) is 19.5. The lowest BCUT2D eigenvalue weighted by atomic mass is 10.1. The summed E-state index contributed by atoms with van der Waals surface area (Å²) >= 11 is 0. The molecular formula is C26H29N3O5. The molecule has 2 aromatic carbocycles. The second kappa shape index (κ2) is 11.4. The first-order valence-corrected chi connectivity index (χ1v) is 11.5. The van der Waals surface area contributed by atoms with Crippen molar-refractivity contribution in [2.75, 3.05) is 25.6 Å². The van der Waals surface area contributed by atoms with Crippen LogP contribution in [0.3, 0.4) is 0 Å². The van der Waals surface area contributed by atoms with Crippen LogP contribution in [0.5, 0.6) is 11.5 Å². The Morgan fingerprint density at radius 1 is 1.03 bits per heavy atom. The average Bonchev–Trinajstić information content (AvgIpc) is 3.31. The van der Waals surface area contributed by atoms with Gasteiger partial charge in [-0.15, -0.1) is 0 Å². The van der Waals surface area contributed by atoms with Crippen LogP contribution in [0, 0.1) is 0 Å². The Morgan fingerprint density at radius 3 is 2.76 bits per heavy atom. The van der Waals surface area contributed by atoms with Crippen molar-refractivity contribution in [1.82, 2.24) is 9.97 Å². The molecule has 0 saturated heterocycles. The van der Waals surface area contributed by atoms with E-state index in [0.717, 1.165) is 53.2 Å². The van der Waals surface area contributed by atoms with Crippen molar-refractivity contribution in [1.29, 1.82) is 0 Å². The van der Waals surface area contributed by atoms with Gasteiger partial charge >= 0.3 is 5.97 Å². The van der Waals surface area contributed by atoms with Gasteiger partial charge in [-0.25, -0.2) is 9.97 Å². The highest BCUT2D eigenvalue weighted by atomic mass is 16.5. The number of hydrogen-bond acceptors (Lipinski definition) is 8. The zero-order chi connectivity index (χ0) is 23.8. The number of nitrogens with zero attached hydrogens (tertiary/aromatic N) is 2. The van der Waals surface area contributed by atoms with E-state index >= 15 is 0 Å². The molecule has 4 rings (SSSR count). The second-order valence-corrected chi connectivity index (χ2v) is 7.86. The van der Waals surface area contributed by atoms with E-state index in [2.05, 4.69) is 15.3 Å². The lowest BCUT2D eigenvalue weighted by Crippen LogP contribution is -2.03. The van der Waals surface area contributed by atoms with E-state index in [4.69, 9.17) is 18.6 Å². The van der Waals surface area contributed by atoms with Gasteiger partial charge in [0.25, 0.3) is 0 Å². The van der Waals surface area contributed by atoms with Gasteiger partial charge in [0.05, 0.1) is 32.1 Å². The number of ether oxygens (including phenoxy) is 3. The summed E-state index contributed by atoms with van der Waals surface area (Å²) in [5.41, 5.74) is 2.49. The van der Waals surface area contributed by atoms with E-state index in [1.54, 1.807) is 13.4 Å². The molecule has 0 fully saturated rings. The molecule has 34 heavy (non-hydrogen) atoms. The average molecular weight is 464 g/mol. The van der Waals surface area contributed by atoms with E-state index in [9.17, 15) is 4.79 Å². The van der Waals surface area contributed by atoms with Crippen molar-refractivity contribution < 1.29 is 23.4 Å². The fraction of sp³-hybridized carbons (Fsp3) is 0.346. The minimum absolute atomic E-state index is 0.127. The molecule has 0 unspecified atom stereocenters. The van der Waals surface area contributed by atoms with E-state index in [1.807, 2.05) is 43.3 Å². The maximum Gasteiger partial charge on any atom is 0.305 e. The maximum absolute atomic E-state index is 11.4. The topological polar surface area (TPSA) is 95.7 Å². The first-order valence-electron chi connectivity index (χ1n) is 11.5. The van der Waals surface area contributed by atoms with Crippen LogP contribution in [0.4, 0.5) is 11.5 Å². The number of nitrogens with one attached hydrogen (secondary N) is 1. The minimum atomic E-state index is -0.127. The van der Waals surface area contributed by atoms with Gasteiger partial charge in [0.2, 0.25) is 0 Å². The fourth-order valence-corrected chi connectivity index (χ4v) is 3.76. The zero-order valence-corrected chi connectivity index (χ0v) is 19.5. The highest BCUT2D eigenvalue weighted by Gasteiger charge is 2.12. The van der Waals surface area contributed by atoms with Crippen molar-refractivity contribution in [3.05, 3.63) is 49.0 Å². The van der Waals surface area contributed by atoms with E-state index < -0.39 is 0 Å². The van der Waals surface area contributed by atoms with Gasteiger partial charge < -0.3 is 23.9 Å². The molecule has 0 atom stereocenters. The van der Waals surface area contributed by atoms with Crippen molar-refractivity contribution in [2.45, 2.75) is 39.0 Å². The summed E-state index contributed by atoms with van der Waals surface area (Å²) in [6, 6.07) is 11.6. The van der Waals surface area contributed by atoms with Crippen molar-refractivity contribution in [2.24, 2.45) is 0 Å². The number of methoxy groups -OCH3 is 1. The first-order chi connectivity index (χ1) is 16.7. The Bertz CT molecular complexity index is 1250. The number of anilines is 2. The molecule has 8 nitrogen and oxygen atoms in total. The van der Waals surface area contributed by atoms with Crippen LogP contribution < -0.4 is 14.8 Å². The molecule has 4 aromatic rings. The molecular weight excluding hydrogens is 434 g/mol. The molecule has 0 amide bonds. The second-order valence-electron chi connectivity index (χ2n) is 7.86. The number of fused-ring (bicyclic) bond motifs is 2. The van der Waals surface area contributed by atoms with Crippen LogP contribution in [0.1, 0.15) is 39.0 Å². The molecule has 0 spiro atoms. The Labute approximate surface area is 198 Å². The molecule has 0 bridgehead atoms. The Kier molecular flexibility index (Phi) is 7.80. The quantitative estimate of drug-likeness (QED) is 0.201. The third-order valence-electron chi connectivity index (χ3n) is 5.47. The Hall–Kier alpha value is -3.81. The van der Waals surface area contributed by atoms with Crippen molar-refractivity contribution in [3.63, 3.8) is 0 Å². The number of unbranched alkanes of at least 4 members (excludes halogenated alkanes) is 3. The summed E-state index contributed by atoms with van der Waals surface area (Å²) in [5.74, 6) is 1.82. The minimum Gasteiger partial charge on any atom is -0.493 e. The number of rotatable bonds is 12. The van der Waals surface area contributed by atoms with E-state index in [1.165, 1.54) is 6.33 Å². The van der Waals surface area contributed by atoms with Crippen LogP contribution in [-0.2, 0) is 9.53 Å². The monoisotopic (exact) mass is 463 g/mol. The lowest BCUT2D eigenvalue weighted by molar-refractivity contribution is -0.143. The highest BCUT2D eigenvalue weighted by molar-refractivity contribution is 5.93.